The van der Waals surface area contributed by atoms with Crippen molar-refractivity contribution in [3.8, 4) is 11.6 Å². The summed E-state index contributed by atoms with van der Waals surface area (Å²) in [7, 11) is 3.44. The number of aromatic nitrogens is 3. The van der Waals surface area contributed by atoms with Gasteiger partial charge in [0.15, 0.2) is 12.3 Å². The Labute approximate surface area is 158 Å². The number of nitrogens with one attached hydrogen (secondary N) is 1. The van der Waals surface area contributed by atoms with Crippen molar-refractivity contribution in [2.75, 3.05) is 13.7 Å². The highest BCUT2D eigenvalue weighted by molar-refractivity contribution is 5.85. The molecular formula is C20H24N4O3. The van der Waals surface area contributed by atoms with Gasteiger partial charge in [0.05, 0.1) is 12.5 Å². The molecule has 2 heterocycles. The monoisotopic (exact) mass is 368 g/mol. The molecule has 7 heteroatoms. The van der Waals surface area contributed by atoms with Crippen molar-refractivity contribution < 1.29 is 14.3 Å². The van der Waals surface area contributed by atoms with Gasteiger partial charge in [0.1, 0.15) is 5.75 Å². The van der Waals surface area contributed by atoms with Crippen molar-refractivity contribution in [3.63, 3.8) is 0 Å². The van der Waals surface area contributed by atoms with Crippen LogP contribution < -0.4 is 14.8 Å². The van der Waals surface area contributed by atoms with E-state index in [1.807, 2.05) is 52.1 Å². The van der Waals surface area contributed by atoms with Crippen molar-refractivity contribution >= 4 is 16.9 Å². The van der Waals surface area contributed by atoms with Crippen LogP contribution in [0.2, 0.25) is 0 Å². The minimum absolute atomic E-state index is 0.109. The summed E-state index contributed by atoms with van der Waals surface area (Å²) in [4.78, 5) is 16.7. The van der Waals surface area contributed by atoms with Crippen LogP contribution in [0.4, 0.5) is 0 Å². The van der Waals surface area contributed by atoms with Gasteiger partial charge in [-0.25, -0.2) is 9.67 Å². The smallest absolute Gasteiger partial charge is 0.258 e. The van der Waals surface area contributed by atoms with Gasteiger partial charge >= 0.3 is 0 Å². The molecule has 0 atom stereocenters. The molecule has 1 amide bonds. The fourth-order valence-corrected chi connectivity index (χ4v) is 3.01. The minimum Gasteiger partial charge on any atom is -0.496 e. The number of amides is 1. The Morgan fingerprint density at radius 3 is 2.70 bits per heavy atom. The Morgan fingerprint density at radius 2 is 1.96 bits per heavy atom. The number of carbonyl (C=O) groups is 1. The van der Waals surface area contributed by atoms with Gasteiger partial charge in [-0.1, -0.05) is 12.1 Å². The molecule has 2 aromatic heterocycles. The fraction of sp³-hybridized carbons (Fsp3) is 0.350. The van der Waals surface area contributed by atoms with E-state index in [2.05, 4.69) is 15.4 Å². The topological polar surface area (TPSA) is 78.3 Å². The van der Waals surface area contributed by atoms with Crippen molar-refractivity contribution in [2.45, 2.75) is 27.3 Å². The van der Waals surface area contributed by atoms with E-state index in [9.17, 15) is 4.79 Å². The van der Waals surface area contributed by atoms with Crippen LogP contribution in [0.3, 0.4) is 0 Å². The van der Waals surface area contributed by atoms with Crippen LogP contribution >= 0.6 is 0 Å². The van der Waals surface area contributed by atoms with Gasteiger partial charge in [0, 0.05) is 19.3 Å². The highest BCUT2D eigenvalue weighted by Crippen LogP contribution is 2.27. The fourth-order valence-electron chi connectivity index (χ4n) is 3.01. The van der Waals surface area contributed by atoms with E-state index in [4.69, 9.17) is 9.47 Å². The number of fused-ring (bicyclic) bond motifs is 1. The molecule has 0 saturated heterocycles. The van der Waals surface area contributed by atoms with Crippen LogP contribution in [-0.4, -0.2) is 34.4 Å². The number of aryl methyl sites for hydroxylation is 4. The Kier molecular flexibility index (Phi) is 5.30. The summed E-state index contributed by atoms with van der Waals surface area (Å²) in [5.41, 5.74) is 4.70. The normalized spacial score (nSPS) is 10.9. The molecule has 1 aromatic carbocycles. The van der Waals surface area contributed by atoms with Crippen molar-refractivity contribution in [3.05, 3.63) is 46.6 Å². The molecule has 0 aliphatic carbocycles. The quantitative estimate of drug-likeness (QED) is 0.724. The molecule has 27 heavy (non-hydrogen) atoms. The van der Waals surface area contributed by atoms with Gasteiger partial charge in [0.2, 0.25) is 5.88 Å². The molecule has 0 spiro atoms. The standard InChI is InChI=1S/C20H24N4O3/c1-12-6-7-15(9-16(12)26-5)10-21-17(25)11-27-20-18-13(2)8-14(3)22-19(18)24(4)23-20/h6-9H,10-11H2,1-5H3,(H,21,25). The number of carbonyl (C=O) groups excluding carboxylic acids is 1. The zero-order valence-electron chi connectivity index (χ0n) is 16.3. The second kappa shape index (κ2) is 7.65. The van der Waals surface area contributed by atoms with E-state index in [0.717, 1.165) is 39.2 Å². The number of methoxy groups -OCH3 is 1. The first-order valence-corrected chi connectivity index (χ1v) is 8.73. The third kappa shape index (κ3) is 4.02. The van der Waals surface area contributed by atoms with Gasteiger partial charge < -0.3 is 14.8 Å². The van der Waals surface area contributed by atoms with Crippen LogP contribution in [0, 0.1) is 20.8 Å². The van der Waals surface area contributed by atoms with Gasteiger partial charge in [0.25, 0.3) is 5.91 Å². The first-order valence-electron chi connectivity index (χ1n) is 8.73. The maximum absolute atomic E-state index is 12.2. The number of ether oxygens (including phenoxy) is 2. The molecule has 3 aromatic rings. The maximum atomic E-state index is 12.2. The molecule has 0 unspecified atom stereocenters. The molecule has 0 aliphatic heterocycles. The van der Waals surface area contributed by atoms with E-state index < -0.39 is 0 Å². The predicted octanol–water partition coefficient (Wildman–Crippen LogP) is 2.60. The third-order valence-corrected chi connectivity index (χ3v) is 4.39. The van der Waals surface area contributed by atoms with Gasteiger partial charge in [-0.2, -0.15) is 0 Å². The molecule has 0 bridgehead atoms. The third-order valence-electron chi connectivity index (χ3n) is 4.39. The maximum Gasteiger partial charge on any atom is 0.258 e. The molecule has 142 valence electrons. The van der Waals surface area contributed by atoms with Crippen LogP contribution in [0.15, 0.2) is 24.3 Å². The van der Waals surface area contributed by atoms with Crippen molar-refractivity contribution in [1.82, 2.24) is 20.1 Å². The highest BCUT2D eigenvalue weighted by atomic mass is 16.5. The number of nitrogens with zero attached hydrogens (tertiary/aromatic N) is 3. The summed E-state index contributed by atoms with van der Waals surface area (Å²) in [5, 5.41) is 8.03. The lowest BCUT2D eigenvalue weighted by molar-refractivity contribution is -0.123. The van der Waals surface area contributed by atoms with E-state index in [-0.39, 0.29) is 12.5 Å². The molecule has 1 N–H and O–H groups in total. The highest BCUT2D eigenvalue weighted by Gasteiger charge is 2.15. The SMILES string of the molecule is COc1cc(CNC(=O)COc2nn(C)c3nc(C)cc(C)c23)ccc1C. The Bertz CT molecular complexity index is 995. The van der Waals surface area contributed by atoms with Crippen LogP contribution in [-0.2, 0) is 18.4 Å². The van der Waals surface area contributed by atoms with Crippen molar-refractivity contribution in [2.24, 2.45) is 7.05 Å². The lowest BCUT2D eigenvalue weighted by Crippen LogP contribution is -2.28. The largest absolute Gasteiger partial charge is 0.496 e. The summed E-state index contributed by atoms with van der Waals surface area (Å²) in [5.74, 6) is 1.01. The molecule has 0 saturated carbocycles. The number of hydrogen-bond acceptors (Lipinski definition) is 5. The summed E-state index contributed by atoms with van der Waals surface area (Å²) in [6.07, 6.45) is 0. The summed E-state index contributed by atoms with van der Waals surface area (Å²) < 4.78 is 12.6. The number of benzene rings is 1. The number of rotatable bonds is 6. The molecule has 0 radical (unpaired) electrons. The average Bonchev–Trinajstić information content (AvgIpc) is 2.95. The van der Waals surface area contributed by atoms with Crippen LogP contribution in [0.1, 0.15) is 22.4 Å². The number of hydrogen-bond donors (Lipinski definition) is 1. The average molecular weight is 368 g/mol. The van der Waals surface area contributed by atoms with Crippen LogP contribution in [0.25, 0.3) is 11.0 Å². The van der Waals surface area contributed by atoms with Gasteiger partial charge in [-0.15, -0.1) is 5.10 Å². The van der Waals surface area contributed by atoms with Gasteiger partial charge in [-0.05, 0) is 49.6 Å². The lowest BCUT2D eigenvalue weighted by Gasteiger charge is -2.09. The molecular weight excluding hydrogens is 344 g/mol. The first-order chi connectivity index (χ1) is 12.9. The van der Waals surface area contributed by atoms with Crippen LogP contribution in [0.5, 0.6) is 11.6 Å². The Morgan fingerprint density at radius 1 is 1.19 bits per heavy atom. The molecule has 0 fully saturated rings. The second-order valence-electron chi connectivity index (χ2n) is 6.58. The Balaban J connectivity index is 1.64. The lowest BCUT2D eigenvalue weighted by atomic mass is 10.1. The summed E-state index contributed by atoms with van der Waals surface area (Å²) in [6.45, 7) is 6.19. The van der Waals surface area contributed by atoms with E-state index in [1.54, 1.807) is 11.8 Å². The van der Waals surface area contributed by atoms with Crippen molar-refractivity contribution in [1.29, 1.82) is 0 Å². The first kappa shape index (κ1) is 18.7. The Hall–Kier alpha value is -3.09. The zero-order valence-corrected chi connectivity index (χ0v) is 16.3. The minimum atomic E-state index is -0.217. The van der Waals surface area contributed by atoms with E-state index in [0.29, 0.717) is 12.4 Å². The van der Waals surface area contributed by atoms with Gasteiger partial charge in [-0.3, -0.25) is 4.79 Å². The van der Waals surface area contributed by atoms with E-state index >= 15 is 0 Å². The number of pyridine rings is 1. The molecule has 7 nitrogen and oxygen atoms in total. The summed E-state index contributed by atoms with van der Waals surface area (Å²) in [6, 6.07) is 7.82. The molecule has 0 aliphatic rings. The zero-order chi connectivity index (χ0) is 19.6. The summed E-state index contributed by atoms with van der Waals surface area (Å²) >= 11 is 0. The predicted molar refractivity (Wildman–Crippen MR) is 103 cm³/mol. The van der Waals surface area contributed by atoms with E-state index in [1.165, 1.54) is 0 Å². The second-order valence-corrected chi connectivity index (χ2v) is 6.58. The molecule has 3 rings (SSSR count).